The van der Waals surface area contributed by atoms with Crippen LogP contribution in [-0.4, -0.2) is 22.4 Å². The van der Waals surface area contributed by atoms with Crippen molar-refractivity contribution >= 4 is 22.6 Å². The highest BCUT2D eigenvalue weighted by molar-refractivity contribution is 7.09. The topological polar surface area (TPSA) is 55.0 Å². The molecule has 4 nitrogen and oxygen atoms in total. The van der Waals surface area contributed by atoms with Crippen LogP contribution < -0.4 is 10.6 Å². The molecule has 1 aliphatic heterocycles. The Kier molecular flexibility index (Phi) is 2.63. The Morgan fingerprint density at radius 2 is 1.85 bits per heavy atom. The molecule has 2 rings (SSSR count). The number of nitrogens with zero attached hydrogens (tertiary/aromatic N) is 3. The molecule has 0 atom stereocenters. The summed E-state index contributed by atoms with van der Waals surface area (Å²) in [6.07, 6.45) is 5.16. The molecule has 1 aromatic heterocycles. The van der Waals surface area contributed by atoms with Gasteiger partial charge in [0.15, 0.2) is 0 Å². The van der Waals surface area contributed by atoms with Crippen LogP contribution in [0.4, 0.5) is 11.1 Å². The monoisotopic (exact) mass is 198 g/mol. The summed E-state index contributed by atoms with van der Waals surface area (Å²) in [5, 5.41) is 0.569. The van der Waals surface area contributed by atoms with Gasteiger partial charge in [-0.2, -0.15) is 9.36 Å². The predicted octanol–water partition coefficient (Wildman–Crippen LogP) is 1.50. The first kappa shape index (κ1) is 8.74. The van der Waals surface area contributed by atoms with Crippen molar-refractivity contribution in [2.24, 2.45) is 0 Å². The van der Waals surface area contributed by atoms with Crippen LogP contribution in [0, 0.1) is 0 Å². The van der Waals surface area contributed by atoms with Crippen molar-refractivity contribution in [3.05, 3.63) is 0 Å². The van der Waals surface area contributed by atoms with Crippen molar-refractivity contribution in [3.63, 3.8) is 0 Å². The number of nitrogen functional groups attached to an aromatic ring is 1. The lowest BCUT2D eigenvalue weighted by molar-refractivity contribution is 0.726. The van der Waals surface area contributed by atoms with Gasteiger partial charge in [0.2, 0.25) is 11.1 Å². The van der Waals surface area contributed by atoms with Gasteiger partial charge in [-0.1, -0.05) is 12.8 Å². The van der Waals surface area contributed by atoms with Crippen LogP contribution in [0.3, 0.4) is 0 Å². The fourth-order valence-corrected chi connectivity index (χ4v) is 2.08. The van der Waals surface area contributed by atoms with Crippen molar-refractivity contribution < 1.29 is 0 Å². The second-order valence-corrected chi connectivity index (χ2v) is 4.12. The van der Waals surface area contributed by atoms with E-state index in [0.29, 0.717) is 5.13 Å². The molecule has 0 radical (unpaired) electrons. The second-order valence-electron chi connectivity index (χ2n) is 3.33. The van der Waals surface area contributed by atoms with Gasteiger partial charge in [-0.3, -0.25) is 0 Å². The zero-order valence-electron chi connectivity index (χ0n) is 7.57. The third-order valence-electron chi connectivity index (χ3n) is 2.32. The van der Waals surface area contributed by atoms with Crippen molar-refractivity contribution in [3.8, 4) is 0 Å². The summed E-state index contributed by atoms with van der Waals surface area (Å²) in [5.41, 5.74) is 5.54. The summed E-state index contributed by atoms with van der Waals surface area (Å²) in [6.45, 7) is 2.16. The van der Waals surface area contributed by atoms with E-state index < -0.39 is 0 Å². The zero-order chi connectivity index (χ0) is 9.10. The summed E-state index contributed by atoms with van der Waals surface area (Å²) in [4.78, 5) is 6.42. The lowest BCUT2D eigenvalue weighted by Crippen LogP contribution is -2.24. The zero-order valence-corrected chi connectivity index (χ0v) is 8.39. The van der Waals surface area contributed by atoms with Gasteiger partial charge in [0.25, 0.3) is 0 Å². The van der Waals surface area contributed by atoms with Gasteiger partial charge in [0, 0.05) is 24.6 Å². The van der Waals surface area contributed by atoms with E-state index in [4.69, 9.17) is 5.73 Å². The van der Waals surface area contributed by atoms with Crippen LogP contribution >= 0.6 is 11.5 Å². The molecule has 1 aliphatic rings. The SMILES string of the molecule is Nc1nc(N2CCCCCC2)ns1. The van der Waals surface area contributed by atoms with Crippen LogP contribution in [-0.2, 0) is 0 Å². The van der Waals surface area contributed by atoms with E-state index in [2.05, 4.69) is 14.3 Å². The highest BCUT2D eigenvalue weighted by Gasteiger charge is 2.13. The average Bonchev–Trinajstić information content (AvgIpc) is 2.43. The molecule has 0 spiro atoms. The average molecular weight is 198 g/mol. The summed E-state index contributed by atoms with van der Waals surface area (Å²) in [6, 6.07) is 0. The van der Waals surface area contributed by atoms with E-state index in [1.54, 1.807) is 0 Å². The Labute approximate surface area is 81.9 Å². The molecule has 2 N–H and O–H groups in total. The Hall–Kier alpha value is -0.840. The molecular formula is C8H14N4S. The molecule has 0 aliphatic carbocycles. The number of aromatic nitrogens is 2. The van der Waals surface area contributed by atoms with Gasteiger partial charge in [-0.15, -0.1) is 0 Å². The normalized spacial score (nSPS) is 18.6. The number of rotatable bonds is 1. The van der Waals surface area contributed by atoms with Crippen molar-refractivity contribution in [2.75, 3.05) is 23.7 Å². The summed E-state index contributed by atoms with van der Waals surface area (Å²) in [5.74, 6) is 0.824. The third-order valence-corrected chi connectivity index (χ3v) is 2.85. The van der Waals surface area contributed by atoms with E-state index >= 15 is 0 Å². The standard InChI is InChI=1S/C8H14N4S/c9-7-10-8(11-13-7)12-5-3-1-2-4-6-12/h1-6H2,(H2,9,10,11). The molecule has 13 heavy (non-hydrogen) atoms. The first-order chi connectivity index (χ1) is 6.36. The maximum atomic E-state index is 5.54. The molecule has 1 saturated heterocycles. The molecule has 72 valence electrons. The highest BCUT2D eigenvalue weighted by atomic mass is 32.1. The number of nitrogens with two attached hydrogens (primary N) is 1. The smallest absolute Gasteiger partial charge is 0.239 e. The Morgan fingerprint density at radius 3 is 2.38 bits per heavy atom. The maximum absolute atomic E-state index is 5.54. The summed E-state index contributed by atoms with van der Waals surface area (Å²) < 4.78 is 4.21. The number of anilines is 2. The van der Waals surface area contributed by atoms with E-state index in [0.717, 1.165) is 19.0 Å². The van der Waals surface area contributed by atoms with Crippen LogP contribution in [0.25, 0.3) is 0 Å². The molecule has 0 aromatic carbocycles. The largest absolute Gasteiger partial charge is 0.374 e. The second kappa shape index (κ2) is 3.91. The molecule has 0 bridgehead atoms. The van der Waals surface area contributed by atoms with Crippen molar-refractivity contribution in [1.29, 1.82) is 0 Å². The van der Waals surface area contributed by atoms with E-state index in [1.165, 1.54) is 37.2 Å². The molecule has 1 fully saturated rings. The lowest BCUT2D eigenvalue weighted by atomic mass is 10.2. The van der Waals surface area contributed by atoms with Crippen molar-refractivity contribution in [1.82, 2.24) is 9.36 Å². The third kappa shape index (κ3) is 2.09. The minimum Gasteiger partial charge on any atom is -0.374 e. The molecule has 1 aromatic rings. The molecule has 2 heterocycles. The van der Waals surface area contributed by atoms with Crippen LogP contribution in [0.5, 0.6) is 0 Å². The van der Waals surface area contributed by atoms with Crippen molar-refractivity contribution in [2.45, 2.75) is 25.7 Å². The van der Waals surface area contributed by atoms with E-state index in [-0.39, 0.29) is 0 Å². The maximum Gasteiger partial charge on any atom is 0.239 e. The van der Waals surface area contributed by atoms with Crippen LogP contribution in [0.15, 0.2) is 0 Å². The molecule has 0 saturated carbocycles. The van der Waals surface area contributed by atoms with Gasteiger partial charge in [-0.25, -0.2) is 0 Å². The van der Waals surface area contributed by atoms with Crippen LogP contribution in [0.2, 0.25) is 0 Å². The van der Waals surface area contributed by atoms with Gasteiger partial charge in [0.05, 0.1) is 0 Å². The molecular weight excluding hydrogens is 184 g/mol. The van der Waals surface area contributed by atoms with Gasteiger partial charge >= 0.3 is 0 Å². The Balaban J connectivity index is 2.06. The predicted molar refractivity (Wildman–Crippen MR) is 55.0 cm³/mol. The lowest BCUT2D eigenvalue weighted by Gasteiger charge is -2.17. The van der Waals surface area contributed by atoms with Gasteiger partial charge < -0.3 is 10.6 Å². The minimum atomic E-state index is 0.569. The van der Waals surface area contributed by atoms with E-state index in [1.807, 2.05) is 0 Å². The Morgan fingerprint density at radius 1 is 1.15 bits per heavy atom. The van der Waals surface area contributed by atoms with Gasteiger partial charge in [0.1, 0.15) is 0 Å². The molecule has 0 amide bonds. The quantitative estimate of drug-likeness (QED) is 0.743. The fourth-order valence-electron chi connectivity index (χ4n) is 1.63. The van der Waals surface area contributed by atoms with Gasteiger partial charge in [-0.05, 0) is 12.8 Å². The Bertz CT molecular complexity index is 265. The number of hydrogen-bond acceptors (Lipinski definition) is 5. The fraction of sp³-hybridized carbons (Fsp3) is 0.750. The molecule has 0 unspecified atom stereocenters. The number of hydrogen-bond donors (Lipinski definition) is 1. The summed E-state index contributed by atoms with van der Waals surface area (Å²) in [7, 11) is 0. The minimum absolute atomic E-state index is 0.569. The first-order valence-electron chi connectivity index (χ1n) is 4.70. The highest BCUT2D eigenvalue weighted by Crippen LogP contribution is 2.18. The van der Waals surface area contributed by atoms with Crippen LogP contribution in [0.1, 0.15) is 25.7 Å². The first-order valence-corrected chi connectivity index (χ1v) is 5.48. The molecule has 5 heteroatoms. The van der Waals surface area contributed by atoms with E-state index in [9.17, 15) is 0 Å². The summed E-state index contributed by atoms with van der Waals surface area (Å²) >= 11 is 1.28.